The van der Waals surface area contributed by atoms with Crippen LogP contribution >= 0.6 is 0 Å². The van der Waals surface area contributed by atoms with Gasteiger partial charge in [0.05, 0.1) is 12.7 Å². The molecule has 0 saturated heterocycles. The molecule has 1 aromatic carbocycles. The van der Waals surface area contributed by atoms with E-state index in [1.807, 2.05) is 12.1 Å². The number of hydrogen-bond donors (Lipinski definition) is 2. The van der Waals surface area contributed by atoms with Gasteiger partial charge in [-0.3, -0.25) is 4.79 Å². The van der Waals surface area contributed by atoms with Gasteiger partial charge in [-0.2, -0.15) is 0 Å². The lowest BCUT2D eigenvalue weighted by molar-refractivity contribution is -0.124. The average Bonchev–Trinajstić information content (AvgIpc) is 2.52. The SMILES string of the molecule is COc1ccccc1OCC(=O)NCC1(O)CCCCC1. The summed E-state index contributed by atoms with van der Waals surface area (Å²) in [5.74, 6) is 0.891. The van der Waals surface area contributed by atoms with Crippen LogP contribution in [0.25, 0.3) is 0 Å². The molecule has 1 amide bonds. The number of nitrogens with one attached hydrogen (secondary N) is 1. The Labute approximate surface area is 125 Å². The summed E-state index contributed by atoms with van der Waals surface area (Å²) < 4.78 is 10.6. The van der Waals surface area contributed by atoms with Crippen molar-refractivity contribution in [2.24, 2.45) is 0 Å². The number of carbonyl (C=O) groups excluding carboxylic acids is 1. The molecule has 1 aromatic rings. The van der Waals surface area contributed by atoms with E-state index in [0.717, 1.165) is 32.1 Å². The van der Waals surface area contributed by atoms with Gasteiger partial charge in [0.1, 0.15) is 0 Å². The number of aliphatic hydroxyl groups is 1. The molecule has 1 fully saturated rings. The van der Waals surface area contributed by atoms with E-state index in [9.17, 15) is 9.90 Å². The van der Waals surface area contributed by atoms with Crippen LogP contribution in [0.1, 0.15) is 32.1 Å². The molecule has 5 nitrogen and oxygen atoms in total. The molecule has 0 spiro atoms. The Morgan fingerprint density at radius 2 is 1.90 bits per heavy atom. The summed E-state index contributed by atoms with van der Waals surface area (Å²) in [5, 5.41) is 13.1. The molecular formula is C16H23NO4. The Morgan fingerprint density at radius 1 is 1.24 bits per heavy atom. The zero-order chi connectivity index (χ0) is 15.1. The summed E-state index contributed by atoms with van der Waals surface area (Å²) in [7, 11) is 1.56. The van der Waals surface area contributed by atoms with E-state index in [1.165, 1.54) is 0 Å². The van der Waals surface area contributed by atoms with Crippen LogP contribution in [-0.2, 0) is 4.79 Å². The first-order valence-corrected chi connectivity index (χ1v) is 7.38. The average molecular weight is 293 g/mol. The lowest BCUT2D eigenvalue weighted by Crippen LogP contribution is -2.45. The molecule has 0 unspecified atom stereocenters. The van der Waals surface area contributed by atoms with Crippen LogP contribution in [0.2, 0.25) is 0 Å². The Bertz CT molecular complexity index is 469. The minimum atomic E-state index is -0.752. The van der Waals surface area contributed by atoms with Crippen molar-refractivity contribution in [2.75, 3.05) is 20.3 Å². The largest absolute Gasteiger partial charge is 0.493 e. The van der Waals surface area contributed by atoms with Gasteiger partial charge in [0.25, 0.3) is 5.91 Å². The van der Waals surface area contributed by atoms with E-state index in [-0.39, 0.29) is 12.5 Å². The van der Waals surface area contributed by atoms with Crippen molar-refractivity contribution in [2.45, 2.75) is 37.7 Å². The second kappa shape index (κ2) is 7.31. The first-order chi connectivity index (χ1) is 10.1. The quantitative estimate of drug-likeness (QED) is 0.840. The molecule has 0 atom stereocenters. The number of rotatable bonds is 6. The van der Waals surface area contributed by atoms with Crippen LogP contribution in [0.4, 0.5) is 0 Å². The van der Waals surface area contributed by atoms with Gasteiger partial charge >= 0.3 is 0 Å². The van der Waals surface area contributed by atoms with E-state index in [0.29, 0.717) is 18.0 Å². The Balaban J connectivity index is 1.77. The monoisotopic (exact) mass is 293 g/mol. The van der Waals surface area contributed by atoms with Crippen molar-refractivity contribution in [1.82, 2.24) is 5.32 Å². The molecule has 0 radical (unpaired) electrons. The summed E-state index contributed by atoms with van der Waals surface area (Å²) in [6, 6.07) is 7.18. The fourth-order valence-corrected chi connectivity index (χ4v) is 2.58. The van der Waals surface area contributed by atoms with Gasteiger partial charge in [-0.25, -0.2) is 0 Å². The van der Waals surface area contributed by atoms with Crippen molar-refractivity contribution in [3.63, 3.8) is 0 Å². The molecule has 0 aromatic heterocycles. The molecule has 116 valence electrons. The van der Waals surface area contributed by atoms with E-state index in [4.69, 9.17) is 9.47 Å². The molecule has 1 aliphatic carbocycles. The summed E-state index contributed by atoms with van der Waals surface area (Å²) in [4.78, 5) is 11.8. The molecule has 2 rings (SSSR count). The maximum absolute atomic E-state index is 11.8. The number of benzene rings is 1. The third kappa shape index (κ3) is 4.63. The molecule has 1 saturated carbocycles. The van der Waals surface area contributed by atoms with Crippen LogP contribution in [0.5, 0.6) is 11.5 Å². The highest BCUT2D eigenvalue weighted by Gasteiger charge is 2.29. The van der Waals surface area contributed by atoms with Gasteiger partial charge in [-0.1, -0.05) is 31.4 Å². The van der Waals surface area contributed by atoms with Crippen LogP contribution in [0.3, 0.4) is 0 Å². The third-order valence-electron chi connectivity index (χ3n) is 3.83. The third-order valence-corrected chi connectivity index (χ3v) is 3.83. The predicted molar refractivity (Wildman–Crippen MR) is 79.5 cm³/mol. The highest BCUT2D eigenvalue weighted by molar-refractivity contribution is 5.77. The van der Waals surface area contributed by atoms with Gasteiger partial charge in [0, 0.05) is 6.54 Å². The topological polar surface area (TPSA) is 67.8 Å². The first kappa shape index (κ1) is 15.6. The summed E-state index contributed by atoms with van der Waals surface area (Å²) in [5.41, 5.74) is -0.752. The van der Waals surface area contributed by atoms with Gasteiger partial charge in [0.2, 0.25) is 0 Å². The van der Waals surface area contributed by atoms with Crippen LogP contribution in [-0.4, -0.2) is 36.9 Å². The highest BCUT2D eigenvalue weighted by Crippen LogP contribution is 2.27. The first-order valence-electron chi connectivity index (χ1n) is 7.38. The number of methoxy groups -OCH3 is 1. The lowest BCUT2D eigenvalue weighted by Gasteiger charge is -2.32. The number of hydrogen-bond acceptors (Lipinski definition) is 4. The predicted octanol–water partition coefficient (Wildman–Crippen LogP) is 1.89. The number of para-hydroxylation sites is 2. The zero-order valence-electron chi connectivity index (χ0n) is 12.4. The maximum Gasteiger partial charge on any atom is 0.258 e. The van der Waals surface area contributed by atoms with Gasteiger partial charge in [-0.15, -0.1) is 0 Å². The number of carbonyl (C=O) groups is 1. The minimum Gasteiger partial charge on any atom is -0.493 e. The standard InChI is InChI=1S/C16H23NO4/c1-20-13-7-3-4-8-14(13)21-11-15(18)17-12-16(19)9-5-2-6-10-16/h3-4,7-8,19H,2,5-6,9-12H2,1H3,(H,17,18). The van der Waals surface area contributed by atoms with Crippen molar-refractivity contribution < 1.29 is 19.4 Å². The molecule has 2 N–H and O–H groups in total. The van der Waals surface area contributed by atoms with E-state index in [1.54, 1.807) is 19.2 Å². The van der Waals surface area contributed by atoms with Crippen molar-refractivity contribution >= 4 is 5.91 Å². The second-order valence-corrected chi connectivity index (χ2v) is 5.50. The van der Waals surface area contributed by atoms with Crippen molar-refractivity contribution in [3.8, 4) is 11.5 Å². The lowest BCUT2D eigenvalue weighted by atomic mass is 9.85. The van der Waals surface area contributed by atoms with E-state index >= 15 is 0 Å². The maximum atomic E-state index is 11.8. The second-order valence-electron chi connectivity index (χ2n) is 5.50. The Kier molecular flexibility index (Phi) is 5.44. The van der Waals surface area contributed by atoms with Crippen molar-refractivity contribution in [1.29, 1.82) is 0 Å². The Morgan fingerprint density at radius 3 is 2.57 bits per heavy atom. The van der Waals surface area contributed by atoms with Crippen LogP contribution in [0.15, 0.2) is 24.3 Å². The molecule has 0 aliphatic heterocycles. The minimum absolute atomic E-state index is 0.0869. The fraction of sp³-hybridized carbons (Fsp3) is 0.562. The summed E-state index contributed by atoms with van der Waals surface area (Å²) in [6.07, 6.45) is 4.70. The fourth-order valence-electron chi connectivity index (χ4n) is 2.58. The summed E-state index contributed by atoms with van der Waals surface area (Å²) >= 11 is 0. The number of ether oxygens (including phenoxy) is 2. The van der Waals surface area contributed by atoms with Gasteiger partial charge in [-0.05, 0) is 25.0 Å². The van der Waals surface area contributed by atoms with Gasteiger partial charge in [0.15, 0.2) is 18.1 Å². The highest BCUT2D eigenvalue weighted by atomic mass is 16.5. The summed E-state index contributed by atoms with van der Waals surface area (Å²) in [6.45, 7) is 0.206. The Hall–Kier alpha value is -1.75. The molecule has 5 heteroatoms. The number of amides is 1. The van der Waals surface area contributed by atoms with Crippen LogP contribution in [0, 0.1) is 0 Å². The van der Waals surface area contributed by atoms with Crippen molar-refractivity contribution in [3.05, 3.63) is 24.3 Å². The van der Waals surface area contributed by atoms with Crippen LogP contribution < -0.4 is 14.8 Å². The molecule has 1 aliphatic rings. The zero-order valence-corrected chi connectivity index (χ0v) is 12.4. The molecular weight excluding hydrogens is 270 g/mol. The smallest absolute Gasteiger partial charge is 0.258 e. The van der Waals surface area contributed by atoms with E-state index < -0.39 is 5.60 Å². The van der Waals surface area contributed by atoms with Gasteiger partial charge < -0.3 is 19.9 Å². The normalized spacial score (nSPS) is 17.0. The molecule has 0 heterocycles. The molecule has 21 heavy (non-hydrogen) atoms. The molecule has 0 bridgehead atoms. The van der Waals surface area contributed by atoms with E-state index in [2.05, 4.69) is 5.32 Å².